The molecule has 0 bridgehead atoms. The summed E-state index contributed by atoms with van der Waals surface area (Å²) < 4.78 is 1.98. The van der Waals surface area contributed by atoms with Crippen molar-refractivity contribution in [3.8, 4) is 0 Å². The third-order valence-corrected chi connectivity index (χ3v) is 3.43. The van der Waals surface area contributed by atoms with Gasteiger partial charge in [0.2, 0.25) is 0 Å². The molecule has 84 valence electrons. The second-order valence-corrected chi connectivity index (χ2v) is 4.57. The largest absolute Gasteiger partial charge is 0.317 e. The van der Waals surface area contributed by atoms with Crippen molar-refractivity contribution in [1.29, 1.82) is 0 Å². The molecule has 0 saturated heterocycles. The monoisotopic (exact) mass is 207 g/mol. The Balaban J connectivity index is 1.72. The van der Waals surface area contributed by atoms with E-state index in [1.807, 2.05) is 17.9 Å². The van der Waals surface area contributed by atoms with E-state index in [0.717, 1.165) is 18.4 Å². The van der Waals surface area contributed by atoms with Crippen LogP contribution in [0.2, 0.25) is 0 Å². The van der Waals surface area contributed by atoms with Gasteiger partial charge in [0.05, 0.1) is 0 Å². The summed E-state index contributed by atoms with van der Waals surface area (Å²) in [6.07, 6.45) is 8.45. The zero-order valence-corrected chi connectivity index (χ0v) is 9.74. The highest BCUT2D eigenvalue weighted by molar-refractivity contribution is 5.00. The van der Waals surface area contributed by atoms with Crippen LogP contribution in [0, 0.1) is 5.92 Å². The van der Waals surface area contributed by atoms with Crippen molar-refractivity contribution < 1.29 is 0 Å². The van der Waals surface area contributed by atoms with E-state index >= 15 is 0 Å². The van der Waals surface area contributed by atoms with Gasteiger partial charge in [0.1, 0.15) is 0 Å². The Morgan fingerprint density at radius 2 is 2.40 bits per heavy atom. The minimum absolute atomic E-state index is 0.748. The maximum atomic E-state index is 4.18. The Kier molecular flexibility index (Phi) is 3.41. The van der Waals surface area contributed by atoms with Gasteiger partial charge in [-0.25, -0.2) is 0 Å². The molecule has 0 aromatic carbocycles. The van der Waals surface area contributed by atoms with Gasteiger partial charge >= 0.3 is 0 Å². The lowest BCUT2D eigenvalue weighted by molar-refractivity contribution is 0.453. The van der Waals surface area contributed by atoms with Crippen LogP contribution in [-0.2, 0) is 13.5 Å². The van der Waals surface area contributed by atoms with Gasteiger partial charge in [-0.05, 0) is 51.1 Å². The smallest absolute Gasteiger partial charge is 0.0492 e. The first-order valence-electron chi connectivity index (χ1n) is 5.95. The molecule has 1 N–H and O–H groups in total. The molecule has 1 heterocycles. The number of hydrogen-bond donors (Lipinski definition) is 1. The Morgan fingerprint density at radius 1 is 1.60 bits per heavy atom. The fourth-order valence-electron chi connectivity index (χ4n) is 2.26. The van der Waals surface area contributed by atoms with Crippen molar-refractivity contribution in [2.45, 2.75) is 38.1 Å². The summed E-state index contributed by atoms with van der Waals surface area (Å²) in [7, 11) is 4.11. The molecule has 1 aliphatic rings. The Bertz CT molecular complexity index is 302. The summed E-state index contributed by atoms with van der Waals surface area (Å²) in [4.78, 5) is 0. The molecule has 1 atom stereocenters. The van der Waals surface area contributed by atoms with Crippen molar-refractivity contribution in [3.05, 3.63) is 18.0 Å². The number of hydrogen-bond acceptors (Lipinski definition) is 2. The van der Waals surface area contributed by atoms with E-state index in [9.17, 15) is 0 Å². The van der Waals surface area contributed by atoms with E-state index in [2.05, 4.69) is 23.5 Å². The van der Waals surface area contributed by atoms with Crippen LogP contribution >= 0.6 is 0 Å². The number of nitrogens with one attached hydrogen (secondary N) is 1. The molecule has 1 saturated carbocycles. The number of aromatic nitrogens is 2. The van der Waals surface area contributed by atoms with Crippen LogP contribution in [-0.4, -0.2) is 22.9 Å². The molecule has 3 nitrogen and oxygen atoms in total. The normalized spacial score (nSPS) is 18.0. The third-order valence-electron chi connectivity index (χ3n) is 3.43. The summed E-state index contributed by atoms with van der Waals surface area (Å²) in [5.74, 6) is 0.960. The number of rotatable bonds is 6. The highest BCUT2D eigenvalue weighted by atomic mass is 15.2. The molecule has 1 aromatic rings. The van der Waals surface area contributed by atoms with Crippen molar-refractivity contribution >= 4 is 0 Å². The zero-order valence-electron chi connectivity index (χ0n) is 9.74. The average molecular weight is 207 g/mol. The van der Waals surface area contributed by atoms with Crippen LogP contribution in [0.3, 0.4) is 0 Å². The fourth-order valence-corrected chi connectivity index (χ4v) is 2.26. The minimum Gasteiger partial charge on any atom is -0.317 e. The van der Waals surface area contributed by atoms with E-state index in [0.29, 0.717) is 0 Å². The molecule has 15 heavy (non-hydrogen) atoms. The maximum Gasteiger partial charge on any atom is 0.0492 e. The van der Waals surface area contributed by atoms with Crippen LogP contribution in [0.1, 0.15) is 31.4 Å². The van der Waals surface area contributed by atoms with Gasteiger partial charge in [-0.2, -0.15) is 5.10 Å². The topological polar surface area (TPSA) is 29.9 Å². The SMILES string of the molecule is CNC(CCCc1ccnn1C)C1CC1. The number of nitrogens with zero attached hydrogens (tertiary/aromatic N) is 2. The molecule has 1 unspecified atom stereocenters. The average Bonchev–Trinajstić information content (AvgIpc) is 2.99. The summed E-state index contributed by atoms with van der Waals surface area (Å²) >= 11 is 0. The maximum absolute atomic E-state index is 4.18. The molecule has 1 aliphatic carbocycles. The lowest BCUT2D eigenvalue weighted by Gasteiger charge is -2.14. The minimum atomic E-state index is 0.748. The molecule has 0 amide bonds. The Morgan fingerprint density at radius 3 is 2.93 bits per heavy atom. The fraction of sp³-hybridized carbons (Fsp3) is 0.750. The lowest BCUT2D eigenvalue weighted by Crippen LogP contribution is -2.27. The van der Waals surface area contributed by atoms with E-state index in [1.54, 1.807) is 0 Å². The molecule has 3 heteroatoms. The van der Waals surface area contributed by atoms with Gasteiger partial charge in [-0.3, -0.25) is 4.68 Å². The molecule has 0 aliphatic heterocycles. The first-order valence-corrected chi connectivity index (χ1v) is 5.95. The second-order valence-electron chi connectivity index (χ2n) is 4.57. The standard InChI is InChI=1S/C12H21N3/c1-13-12(10-6-7-10)5-3-4-11-8-9-14-15(11)2/h8-10,12-13H,3-7H2,1-2H3. The molecule has 0 spiro atoms. The van der Waals surface area contributed by atoms with Gasteiger partial charge in [0, 0.05) is 25.0 Å². The molecule has 1 aromatic heterocycles. The first-order chi connectivity index (χ1) is 7.31. The Hall–Kier alpha value is -0.830. The zero-order chi connectivity index (χ0) is 10.7. The molecular formula is C12H21N3. The van der Waals surface area contributed by atoms with Gasteiger partial charge < -0.3 is 5.32 Å². The molecule has 0 radical (unpaired) electrons. The third kappa shape index (κ3) is 2.81. The van der Waals surface area contributed by atoms with Crippen LogP contribution in [0.25, 0.3) is 0 Å². The molecule has 2 rings (SSSR count). The van der Waals surface area contributed by atoms with Crippen molar-refractivity contribution in [1.82, 2.24) is 15.1 Å². The number of aryl methyl sites for hydroxylation is 2. The van der Waals surface area contributed by atoms with Crippen molar-refractivity contribution in [3.63, 3.8) is 0 Å². The summed E-state index contributed by atoms with van der Waals surface area (Å²) in [5, 5.41) is 7.62. The quantitative estimate of drug-likeness (QED) is 0.770. The van der Waals surface area contributed by atoms with E-state index in [1.165, 1.54) is 31.4 Å². The predicted octanol–water partition coefficient (Wildman–Crippen LogP) is 1.74. The first kappa shape index (κ1) is 10.7. The van der Waals surface area contributed by atoms with E-state index in [-0.39, 0.29) is 0 Å². The summed E-state index contributed by atoms with van der Waals surface area (Å²) in [6.45, 7) is 0. The van der Waals surface area contributed by atoms with E-state index < -0.39 is 0 Å². The van der Waals surface area contributed by atoms with Crippen molar-refractivity contribution in [2.24, 2.45) is 13.0 Å². The van der Waals surface area contributed by atoms with Gasteiger partial charge in [0.25, 0.3) is 0 Å². The van der Waals surface area contributed by atoms with Crippen LogP contribution < -0.4 is 5.32 Å². The van der Waals surface area contributed by atoms with Crippen LogP contribution in [0.15, 0.2) is 12.3 Å². The lowest BCUT2D eigenvalue weighted by atomic mass is 10.0. The van der Waals surface area contributed by atoms with Gasteiger partial charge in [0.15, 0.2) is 0 Å². The van der Waals surface area contributed by atoms with Crippen LogP contribution in [0.5, 0.6) is 0 Å². The summed E-state index contributed by atoms with van der Waals surface area (Å²) in [6, 6.07) is 2.86. The molecular weight excluding hydrogens is 186 g/mol. The predicted molar refractivity (Wildman–Crippen MR) is 61.7 cm³/mol. The Labute approximate surface area is 91.9 Å². The highest BCUT2D eigenvalue weighted by Crippen LogP contribution is 2.34. The van der Waals surface area contributed by atoms with Gasteiger partial charge in [-0.15, -0.1) is 0 Å². The van der Waals surface area contributed by atoms with E-state index in [4.69, 9.17) is 0 Å². The van der Waals surface area contributed by atoms with Crippen molar-refractivity contribution in [2.75, 3.05) is 7.05 Å². The molecule has 1 fully saturated rings. The summed E-state index contributed by atoms with van der Waals surface area (Å²) in [5.41, 5.74) is 1.35. The second kappa shape index (κ2) is 4.79. The van der Waals surface area contributed by atoms with Gasteiger partial charge in [-0.1, -0.05) is 0 Å². The highest BCUT2D eigenvalue weighted by Gasteiger charge is 2.29. The van der Waals surface area contributed by atoms with Crippen LogP contribution in [0.4, 0.5) is 0 Å².